The number of hydrogen-bond donors (Lipinski definition) is 2. The van der Waals surface area contributed by atoms with Crippen LogP contribution in [0.1, 0.15) is 78.6 Å². The second-order valence-corrected chi connectivity index (χ2v) is 13.7. The zero-order valence-corrected chi connectivity index (χ0v) is 21.9. The summed E-state index contributed by atoms with van der Waals surface area (Å²) in [4.78, 5) is 51.5. The minimum atomic E-state index is -4.12. The maximum absolute atomic E-state index is 13.8. The predicted octanol–water partition coefficient (Wildman–Crippen LogP) is 2.99. The number of rotatable bonds is 7. The lowest BCUT2D eigenvalue weighted by Crippen LogP contribution is -2.60. The van der Waals surface area contributed by atoms with E-state index in [1.54, 1.807) is 0 Å². The highest BCUT2D eigenvalue weighted by Crippen LogP contribution is 2.66. The summed E-state index contributed by atoms with van der Waals surface area (Å²) in [6, 6.07) is 0. The van der Waals surface area contributed by atoms with E-state index in [2.05, 4.69) is 19.2 Å². The van der Waals surface area contributed by atoms with E-state index in [1.807, 2.05) is 6.92 Å². The number of fused-ring (bicyclic) bond motifs is 5. The van der Waals surface area contributed by atoms with Crippen molar-refractivity contribution >= 4 is 33.4 Å². The lowest BCUT2D eigenvalue weighted by Gasteiger charge is -2.58. The highest BCUT2D eigenvalue weighted by molar-refractivity contribution is 7.85. The Hall–Kier alpha value is -1.61. The summed E-state index contributed by atoms with van der Waals surface area (Å²) >= 11 is 0. The highest BCUT2D eigenvalue weighted by Gasteiger charge is 2.66. The molecule has 8 nitrogen and oxygen atoms in total. The van der Waals surface area contributed by atoms with Crippen molar-refractivity contribution < 1.29 is 32.1 Å². The SMILES string of the molecule is C[C@H](CCC(=O)NCCS(=O)(=O)O)[C@H]1CC[C@H]2[C@@H]3C(=O)C[C@@H]4CC(=O)CC[C@]4(C)[C@H]3CC(=O)[C@]12C. The monoisotopic (exact) mass is 509 g/mol. The van der Waals surface area contributed by atoms with Crippen LogP contribution in [0.4, 0.5) is 0 Å². The van der Waals surface area contributed by atoms with E-state index >= 15 is 0 Å². The second-order valence-electron chi connectivity index (χ2n) is 12.1. The summed E-state index contributed by atoms with van der Waals surface area (Å²) in [6.45, 7) is 6.18. The fraction of sp³-hybridized carbons (Fsp3) is 0.846. The highest BCUT2D eigenvalue weighted by atomic mass is 32.2. The van der Waals surface area contributed by atoms with Gasteiger partial charge in [0.25, 0.3) is 10.1 Å². The summed E-state index contributed by atoms with van der Waals surface area (Å²) < 4.78 is 30.4. The Balaban J connectivity index is 1.45. The molecule has 4 aliphatic rings. The van der Waals surface area contributed by atoms with Gasteiger partial charge in [-0.05, 0) is 60.7 Å². The summed E-state index contributed by atoms with van der Waals surface area (Å²) in [5, 5.41) is 2.52. The normalized spacial score (nSPS) is 40.0. The molecular formula is C26H39NO7S. The lowest BCUT2D eigenvalue weighted by molar-refractivity contribution is -0.166. The molecular weight excluding hydrogens is 470 g/mol. The standard InChI is InChI=1S/C26H39NO7S/c1-15(4-7-23(31)27-10-11-35(32,33)34)18-5-6-19-24-20(14-22(30)26(18,19)3)25(2)9-8-17(28)12-16(25)13-21(24)29/h15-16,18-20,24H,4-14H2,1-3H3,(H,27,31)(H,32,33,34)/t15-,16+,18-,19+,20+,24+,25+,26-/m1/s1. The fourth-order valence-corrected chi connectivity index (χ4v) is 8.72. The molecule has 0 spiro atoms. The summed E-state index contributed by atoms with van der Waals surface area (Å²) in [5.74, 6) is 0.108. The van der Waals surface area contributed by atoms with Gasteiger partial charge in [0.15, 0.2) is 0 Å². The van der Waals surface area contributed by atoms with Gasteiger partial charge in [-0.25, -0.2) is 0 Å². The third-order valence-electron chi connectivity index (χ3n) is 10.4. The molecule has 4 saturated carbocycles. The molecule has 8 atom stereocenters. The van der Waals surface area contributed by atoms with Crippen LogP contribution >= 0.6 is 0 Å². The van der Waals surface area contributed by atoms with Crippen molar-refractivity contribution in [3.05, 3.63) is 0 Å². The van der Waals surface area contributed by atoms with E-state index in [-0.39, 0.29) is 77.1 Å². The maximum atomic E-state index is 13.8. The molecule has 0 saturated heterocycles. The van der Waals surface area contributed by atoms with E-state index in [1.165, 1.54) is 0 Å². The largest absolute Gasteiger partial charge is 0.355 e. The smallest absolute Gasteiger partial charge is 0.266 e. The van der Waals surface area contributed by atoms with Crippen LogP contribution in [0.5, 0.6) is 0 Å². The first-order valence-corrected chi connectivity index (χ1v) is 14.7. The Morgan fingerprint density at radius 3 is 2.51 bits per heavy atom. The average Bonchev–Trinajstić information content (AvgIpc) is 3.12. The fourth-order valence-electron chi connectivity index (χ4n) is 8.36. The molecule has 4 aliphatic carbocycles. The first-order valence-electron chi connectivity index (χ1n) is 13.1. The van der Waals surface area contributed by atoms with Crippen LogP contribution in [-0.2, 0) is 29.3 Å². The van der Waals surface area contributed by atoms with Crippen LogP contribution in [0.25, 0.3) is 0 Å². The molecule has 0 aromatic rings. The van der Waals surface area contributed by atoms with Crippen LogP contribution in [0.2, 0.25) is 0 Å². The number of carbonyl (C=O) groups is 4. The zero-order chi connectivity index (χ0) is 25.8. The minimum absolute atomic E-state index is 0.0210. The second kappa shape index (κ2) is 9.36. The van der Waals surface area contributed by atoms with Crippen molar-refractivity contribution in [3.8, 4) is 0 Å². The van der Waals surface area contributed by atoms with Gasteiger partial charge in [-0.3, -0.25) is 23.7 Å². The van der Waals surface area contributed by atoms with Gasteiger partial charge in [-0.1, -0.05) is 20.8 Å². The van der Waals surface area contributed by atoms with E-state index in [0.29, 0.717) is 32.1 Å². The number of carbonyl (C=O) groups excluding carboxylic acids is 4. The summed E-state index contributed by atoms with van der Waals surface area (Å²) in [6.07, 6.45) is 5.13. The van der Waals surface area contributed by atoms with Gasteiger partial charge in [0, 0.05) is 50.0 Å². The van der Waals surface area contributed by atoms with E-state index in [9.17, 15) is 27.6 Å². The molecule has 0 unspecified atom stereocenters. The Morgan fingerprint density at radius 2 is 1.83 bits per heavy atom. The van der Waals surface area contributed by atoms with Crippen LogP contribution in [0.15, 0.2) is 0 Å². The molecule has 9 heteroatoms. The van der Waals surface area contributed by atoms with Gasteiger partial charge in [-0.2, -0.15) is 8.42 Å². The Labute approximate surface area is 208 Å². The van der Waals surface area contributed by atoms with Crippen molar-refractivity contribution in [3.63, 3.8) is 0 Å². The molecule has 0 aromatic carbocycles. The summed E-state index contributed by atoms with van der Waals surface area (Å²) in [5.41, 5.74) is -0.710. The maximum Gasteiger partial charge on any atom is 0.266 e. The molecule has 35 heavy (non-hydrogen) atoms. The van der Waals surface area contributed by atoms with Crippen LogP contribution in [0, 0.1) is 46.3 Å². The van der Waals surface area contributed by atoms with Gasteiger partial charge in [0.05, 0.1) is 5.75 Å². The van der Waals surface area contributed by atoms with Crippen molar-refractivity contribution in [1.29, 1.82) is 0 Å². The number of ketones is 3. The first kappa shape index (κ1) is 26.5. The molecule has 0 aromatic heterocycles. The number of nitrogens with one attached hydrogen (secondary N) is 1. The van der Waals surface area contributed by atoms with Crippen molar-refractivity contribution in [1.82, 2.24) is 5.32 Å². The molecule has 0 heterocycles. The zero-order valence-electron chi connectivity index (χ0n) is 21.0. The van der Waals surface area contributed by atoms with Crippen molar-refractivity contribution in [2.24, 2.45) is 46.3 Å². The third-order valence-corrected chi connectivity index (χ3v) is 11.1. The van der Waals surface area contributed by atoms with Gasteiger partial charge < -0.3 is 5.32 Å². The topological polar surface area (TPSA) is 135 Å². The van der Waals surface area contributed by atoms with Gasteiger partial charge in [0.1, 0.15) is 17.3 Å². The summed E-state index contributed by atoms with van der Waals surface area (Å²) in [7, 11) is -4.12. The molecule has 0 radical (unpaired) electrons. The predicted molar refractivity (Wildman–Crippen MR) is 129 cm³/mol. The number of Topliss-reactive ketones (excluding diaryl/α,β-unsaturated/α-hetero) is 3. The van der Waals surface area contributed by atoms with Crippen LogP contribution < -0.4 is 5.32 Å². The quantitative estimate of drug-likeness (QED) is 0.504. The number of hydrogen-bond acceptors (Lipinski definition) is 6. The molecule has 4 fully saturated rings. The Kier molecular flexibility index (Phi) is 7.07. The van der Waals surface area contributed by atoms with Crippen LogP contribution in [-0.4, -0.2) is 48.5 Å². The van der Waals surface area contributed by atoms with E-state index in [4.69, 9.17) is 4.55 Å². The van der Waals surface area contributed by atoms with Crippen LogP contribution in [0.3, 0.4) is 0 Å². The van der Waals surface area contributed by atoms with E-state index < -0.39 is 21.3 Å². The Morgan fingerprint density at radius 1 is 1.11 bits per heavy atom. The first-order chi connectivity index (χ1) is 16.3. The molecule has 1 amide bonds. The minimum Gasteiger partial charge on any atom is -0.355 e. The molecule has 0 aliphatic heterocycles. The van der Waals surface area contributed by atoms with Gasteiger partial charge in [0.2, 0.25) is 5.91 Å². The lowest BCUT2D eigenvalue weighted by atomic mass is 9.44. The van der Waals surface area contributed by atoms with Crippen molar-refractivity contribution in [2.45, 2.75) is 78.6 Å². The number of amides is 1. The van der Waals surface area contributed by atoms with Gasteiger partial charge >= 0.3 is 0 Å². The van der Waals surface area contributed by atoms with Crippen molar-refractivity contribution in [2.75, 3.05) is 12.3 Å². The molecule has 2 N–H and O–H groups in total. The molecule has 0 bridgehead atoms. The average molecular weight is 510 g/mol. The Bertz CT molecular complexity index is 1020. The molecule has 4 rings (SSSR count). The van der Waals surface area contributed by atoms with Gasteiger partial charge in [-0.15, -0.1) is 0 Å². The van der Waals surface area contributed by atoms with E-state index in [0.717, 1.165) is 19.3 Å². The molecule has 196 valence electrons. The third kappa shape index (κ3) is 4.75.